The van der Waals surface area contributed by atoms with Gasteiger partial charge in [0.25, 0.3) is 0 Å². The predicted molar refractivity (Wildman–Crippen MR) is 65.7 cm³/mol. The van der Waals surface area contributed by atoms with Crippen molar-refractivity contribution in [2.24, 2.45) is 0 Å². The zero-order valence-corrected chi connectivity index (χ0v) is 10.7. The maximum absolute atomic E-state index is 13.6. The number of hydrogen-bond donors (Lipinski definition) is 0. The Kier molecular flexibility index (Phi) is 3.10. The quantitative estimate of drug-likeness (QED) is 0.813. The van der Waals surface area contributed by atoms with Gasteiger partial charge in [0.1, 0.15) is 11.5 Å². The highest BCUT2D eigenvalue weighted by Gasteiger charge is 2.13. The van der Waals surface area contributed by atoms with E-state index < -0.39 is 0 Å². The molecule has 0 atom stereocenters. The maximum atomic E-state index is 13.6. The van der Waals surface area contributed by atoms with Crippen molar-refractivity contribution in [3.05, 3.63) is 40.8 Å². The van der Waals surface area contributed by atoms with E-state index in [1.165, 1.54) is 6.07 Å². The van der Waals surface area contributed by atoms with Gasteiger partial charge in [-0.05, 0) is 41.9 Å². The van der Waals surface area contributed by atoms with Gasteiger partial charge in [-0.1, -0.05) is 12.1 Å². The monoisotopic (exact) mass is 282 g/mol. The lowest BCUT2D eigenvalue weighted by molar-refractivity contribution is 0.533. The standard InChI is InChI=1S/C12H12BrFN2/c1-8(2)16-7-10(13)12(15-16)9-5-3-4-6-11(9)14/h3-8H,1-2H3. The molecule has 2 aromatic rings. The van der Waals surface area contributed by atoms with Crippen LogP contribution in [0.3, 0.4) is 0 Å². The van der Waals surface area contributed by atoms with Crippen LogP contribution in [0, 0.1) is 5.82 Å². The highest BCUT2D eigenvalue weighted by atomic mass is 79.9. The molecule has 0 bridgehead atoms. The average Bonchev–Trinajstić information content (AvgIpc) is 2.61. The molecular formula is C12H12BrFN2. The van der Waals surface area contributed by atoms with Crippen molar-refractivity contribution in [1.29, 1.82) is 0 Å². The Morgan fingerprint density at radius 3 is 2.56 bits per heavy atom. The third kappa shape index (κ3) is 2.02. The fourth-order valence-corrected chi connectivity index (χ4v) is 1.97. The molecule has 0 unspecified atom stereocenters. The van der Waals surface area contributed by atoms with Gasteiger partial charge in [-0.3, -0.25) is 4.68 Å². The van der Waals surface area contributed by atoms with Crippen LogP contribution in [0.5, 0.6) is 0 Å². The van der Waals surface area contributed by atoms with Crippen molar-refractivity contribution < 1.29 is 4.39 Å². The normalized spacial score (nSPS) is 11.1. The lowest BCUT2D eigenvalue weighted by Gasteiger charge is -2.03. The third-order valence-corrected chi connectivity index (χ3v) is 2.93. The van der Waals surface area contributed by atoms with Crippen LogP contribution >= 0.6 is 15.9 Å². The zero-order valence-electron chi connectivity index (χ0n) is 9.11. The molecule has 2 rings (SSSR count). The van der Waals surface area contributed by atoms with Gasteiger partial charge in [0.15, 0.2) is 0 Å². The van der Waals surface area contributed by atoms with Crippen molar-refractivity contribution in [2.75, 3.05) is 0 Å². The predicted octanol–water partition coefficient (Wildman–Crippen LogP) is 4.03. The maximum Gasteiger partial charge on any atom is 0.132 e. The third-order valence-electron chi connectivity index (χ3n) is 2.35. The molecule has 1 heterocycles. The van der Waals surface area contributed by atoms with E-state index in [1.54, 1.807) is 18.2 Å². The summed E-state index contributed by atoms with van der Waals surface area (Å²) >= 11 is 3.41. The van der Waals surface area contributed by atoms with Gasteiger partial charge >= 0.3 is 0 Å². The molecule has 16 heavy (non-hydrogen) atoms. The largest absolute Gasteiger partial charge is 0.268 e. The van der Waals surface area contributed by atoms with E-state index >= 15 is 0 Å². The molecular weight excluding hydrogens is 271 g/mol. The van der Waals surface area contributed by atoms with E-state index in [9.17, 15) is 4.39 Å². The first kappa shape index (κ1) is 11.3. The van der Waals surface area contributed by atoms with Crippen LogP contribution in [-0.2, 0) is 0 Å². The molecule has 0 saturated heterocycles. The summed E-state index contributed by atoms with van der Waals surface area (Å²) in [6, 6.07) is 6.91. The lowest BCUT2D eigenvalue weighted by Crippen LogP contribution is -2.00. The first-order valence-corrected chi connectivity index (χ1v) is 5.88. The summed E-state index contributed by atoms with van der Waals surface area (Å²) < 4.78 is 16.2. The van der Waals surface area contributed by atoms with Crippen molar-refractivity contribution in [2.45, 2.75) is 19.9 Å². The van der Waals surface area contributed by atoms with Gasteiger partial charge in [-0.2, -0.15) is 5.10 Å². The molecule has 0 aliphatic rings. The summed E-state index contributed by atoms with van der Waals surface area (Å²) in [7, 11) is 0. The average molecular weight is 283 g/mol. The smallest absolute Gasteiger partial charge is 0.132 e. The molecule has 0 aliphatic heterocycles. The van der Waals surface area contributed by atoms with Crippen LogP contribution in [0.2, 0.25) is 0 Å². The fourth-order valence-electron chi connectivity index (χ4n) is 1.47. The minimum atomic E-state index is -0.253. The molecule has 0 saturated carbocycles. The van der Waals surface area contributed by atoms with Crippen LogP contribution in [0.1, 0.15) is 19.9 Å². The Labute approximate surface area is 102 Å². The van der Waals surface area contributed by atoms with E-state index in [2.05, 4.69) is 21.0 Å². The first-order valence-electron chi connectivity index (χ1n) is 5.09. The Balaban J connectivity index is 2.52. The summed E-state index contributed by atoms with van der Waals surface area (Å²) in [5.41, 5.74) is 1.17. The SMILES string of the molecule is CC(C)n1cc(Br)c(-c2ccccc2F)n1. The number of hydrogen-bond acceptors (Lipinski definition) is 1. The van der Waals surface area contributed by atoms with Gasteiger partial charge in [0.2, 0.25) is 0 Å². The Hall–Kier alpha value is -1.16. The molecule has 0 N–H and O–H groups in total. The molecule has 1 aromatic heterocycles. The van der Waals surface area contributed by atoms with Gasteiger partial charge in [-0.15, -0.1) is 0 Å². The highest BCUT2D eigenvalue weighted by molar-refractivity contribution is 9.10. The summed E-state index contributed by atoms with van der Waals surface area (Å²) in [6.45, 7) is 4.06. The molecule has 0 aliphatic carbocycles. The van der Waals surface area contributed by atoms with Crippen LogP contribution < -0.4 is 0 Å². The zero-order chi connectivity index (χ0) is 11.7. The summed E-state index contributed by atoms with van der Waals surface area (Å²) in [5, 5.41) is 4.37. The molecule has 0 spiro atoms. The van der Waals surface area contributed by atoms with Crippen molar-refractivity contribution in [3.63, 3.8) is 0 Å². The molecule has 0 fully saturated rings. The number of aromatic nitrogens is 2. The van der Waals surface area contributed by atoms with Gasteiger partial charge in [0, 0.05) is 17.8 Å². The van der Waals surface area contributed by atoms with Gasteiger partial charge in [-0.25, -0.2) is 4.39 Å². The molecule has 2 nitrogen and oxygen atoms in total. The van der Waals surface area contributed by atoms with Crippen molar-refractivity contribution >= 4 is 15.9 Å². The second-order valence-corrected chi connectivity index (χ2v) is 4.73. The molecule has 0 radical (unpaired) electrons. The first-order chi connectivity index (χ1) is 7.59. The Morgan fingerprint density at radius 1 is 1.31 bits per heavy atom. The van der Waals surface area contributed by atoms with Gasteiger partial charge in [0.05, 0.1) is 4.47 Å². The van der Waals surface area contributed by atoms with Gasteiger partial charge < -0.3 is 0 Å². The lowest BCUT2D eigenvalue weighted by atomic mass is 10.1. The fraction of sp³-hybridized carbons (Fsp3) is 0.250. The Morgan fingerprint density at radius 2 is 2.00 bits per heavy atom. The van der Waals surface area contributed by atoms with Crippen molar-refractivity contribution in [3.8, 4) is 11.3 Å². The van der Waals surface area contributed by atoms with E-state index in [0.717, 1.165) is 4.47 Å². The minimum Gasteiger partial charge on any atom is -0.268 e. The van der Waals surface area contributed by atoms with E-state index in [1.807, 2.05) is 24.7 Å². The minimum absolute atomic E-state index is 0.253. The van der Waals surface area contributed by atoms with E-state index in [4.69, 9.17) is 0 Å². The van der Waals surface area contributed by atoms with Crippen LogP contribution in [0.25, 0.3) is 11.3 Å². The Bertz CT molecular complexity index is 505. The van der Waals surface area contributed by atoms with Crippen LogP contribution in [0.15, 0.2) is 34.9 Å². The topological polar surface area (TPSA) is 17.8 Å². The molecule has 1 aromatic carbocycles. The van der Waals surface area contributed by atoms with E-state index in [-0.39, 0.29) is 11.9 Å². The molecule has 84 valence electrons. The number of benzene rings is 1. The highest BCUT2D eigenvalue weighted by Crippen LogP contribution is 2.29. The summed E-state index contributed by atoms with van der Waals surface area (Å²) in [5.74, 6) is -0.253. The summed E-state index contributed by atoms with van der Waals surface area (Å²) in [4.78, 5) is 0. The molecule has 0 amide bonds. The second-order valence-electron chi connectivity index (χ2n) is 3.88. The second kappa shape index (κ2) is 4.37. The number of nitrogens with zero attached hydrogens (tertiary/aromatic N) is 2. The number of halogens is 2. The van der Waals surface area contributed by atoms with E-state index in [0.29, 0.717) is 11.3 Å². The van der Waals surface area contributed by atoms with Crippen LogP contribution in [0.4, 0.5) is 4.39 Å². The number of rotatable bonds is 2. The molecule has 4 heteroatoms. The summed E-state index contributed by atoms with van der Waals surface area (Å²) in [6.07, 6.45) is 1.87. The van der Waals surface area contributed by atoms with Crippen LogP contribution in [-0.4, -0.2) is 9.78 Å². The van der Waals surface area contributed by atoms with Crippen molar-refractivity contribution in [1.82, 2.24) is 9.78 Å².